The van der Waals surface area contributed by atoms with Crippen molar-refractivity contribution in [2.24, 2.45) is 0 Å². The molecule has 0 saturated heterocycles. The molecule has 0 fully saturated rings. The molecule has 0 spiro atoms. The molecule has 1 aliphatic rings. The van der Waals surface area contributed by atoms with Gasteiger partial charge in [-0.05, 0) is 21.1 Å². The quantitative estimate of drug-likeness (QED) is 0.714. The van der Waals surface area contributed by atoms with Crippen LogP contribution in [0.2, 0.25) is 26.2 Å². The Morgan fingerprint density at radius 2 is 1.24 bits per heavy atom. The van der Waals surface area contributed by atoms with Crippen molar-refractivity contribution >= 4 is 37.6 Å². The number of rotatable bonds is 0. The predicted molar refractivity (Wildman–Crippen MR) is 81.3 cm³/mol. The number of nitrogens with one attached hydrogen (secondary N) is 1. The van der Waals surface area contributed by atoms with Crippen LogP contribution in [0.15, 0.2) is 36.4 Å². The number of hydrogen-bond donors (Lipinski definition) is 1. The SMILES string of the molecule is C[Si]1(C)N[Si](C)(C)c2cccc3cccc1c23. The summed E-state index contributed by atoms with van der Waals surface area (Å²) in [5.41, 5.74) is 0. The fourth-order valence-corrected chi connectivity index (χ4v) is 13.6. The lowest BCUT2D eigenvalue weighted by atomic mass is 10.1. The van der Waals surface area contributed by atoms with E-state index in [4.69, 9.17) is 0 Å². The minimum atomic E-state index is -1.47. The maximum atomic E-state index is 4.03. The zero-order valence-corrected chi connectivity index (χ0v) is 13.0. The molecule has 1 aliphatic heterocycles. The summed E-state index contributed by atoms with van der Waals surface area (Å²) in [6, 6.07) is 13.6. The van der Waals surface area contributed by atoms with Gasteiger partial charge in [0.05, 0.1) is 0 Å². The maximum absolute atomic E-state index is 4.03. The standard InChI is InChI=1S/C14H19NSi2/c1-16(2)12-9-5-7-11-8-6-10-13(14(11)12)17(3,4)15-16/h5-10,15H,1-4H3. The van der Waals surface area contributed by atoms with Crippen LogP contribution in [-0.4, -0.2) is 16.5 Å². The summed E-state index contributed by atoms with van der Waals surface area (Å²) in [7, 11) is -2.93. The van der Waals surface area contributed by atoms with E-state index in [0.717, 1.165) is 0 Å². The molecular formula is C14H19NSi2. The van der Waals surface area contributed by atoms with E-state index in [1.54, 1.807) is 15.8 Å². The van der Waals surface area contributed by atoms with Gasteiger partial charge >= 0.3 is 0 Å². The summed E-state index contributed by atoms with van der Waals surface area (Å²) in [6.07, 6.45) is 0. The largest absolute Gasteiger partial charge is 0.352 e. The summed E-state index contributed by atoms with van der Waals surface area (Å²) >= 11 is 0. The van der Waals surface area contributed by atoms with E-state index < -0.39 is 16.5 Å². The van der Waals surface area contributed by atoms with Crippen molar-refractivity contribution in [3.8, 4) is 0 Å². The van der Waals surface area contributed by atoms with Crippen LogP contribution in [0.4, 0.5) is 0 Å². The normalized spacial score (nSPS) is 20.5. The zero-order valence-electron chi connectivity index (χ0n) is 11.0. The fourth-order valence-electron chi connectivity index (χ4n) is 3.30. The average Bonchev–Trinajstić information content (AvgIpc) is 2.24. The average molecular weight is 257 g/mol. The highest BCUT2D eigenvalue weighted by atomic mass is 28.4. The highest BCUT2D eigenvalue weighted by Crippen LogP contribution is 2.21. The van der Waals surface area contributed by atoms with Crippen LogP contribution >= 0.6 is 0 Å². The van der Waals surface area contributed by atoms with Crippen LogP contribution < -0.4 is 15.0 Å². The van der Waals surface area contributed by atoms with Gasteiger partial charge in [-0.3, -0.25) is 0 Å². The van der Waals surface area contributed by atoms with Gasteiger partial charge in [0.1, 0.15) is 16.5 Å². The fraction of sp³-hybridized carbons (Fsp3) is 0.286. The second-order valence-corrected chi connectivity index (χ2v) is 14.7. The Hall–Kier alpha value is -0.906. The second kappa shape index (κ2) is 3.31. The van der Waals surface area contributed by atoms with Crippen molar-refractivity contribution in [1.82, 2.24) is 4.65 Å². The van der Waals surface area contributed by atoms with Crippen LogP contribution in [0.1, 0.15) is 0 Å². The van der Waals surface area contributed by atoms with Crippen molar-refractivity contribution in [2.75, 3.05) is 0 Å². The first-order valence-electron chi connectivity index (χ1n) is 6.24. The molecule has 0 saturated carbocycles. The second-order valence-electron chi connectivity index (χ2n) is 6.08. The van der Waals surface area contributed by atoms with E-state index in [1.807, 2.05) is 0 Å². The smallest absolute Gasteiger partial charge is 0.146 e. The molecule has 0 aliphatic carbocycles. The van der Waals surface area contributed by atoms with Gasteiger partial charge in [0, 0.05) is 0 Å². The van der Waals surface area contributed by atoms with Crippen molar-refractivity contribution in [2.45, 2.75) is 26.2 Å². The van der Waals surface area contributed by atoms with Gasteiger partial charge in [0.25, 0.3) is 0 Å². The summed E-state index contributed by atoms with van der Waals surface area (Å²) < 4.78 is 4.03. The van der Waals surface area contributed by atoms with Crippen molar-refractivity contribution in [3.63, 3.8) is 0 Å². The molecule has 3 heteroatoms. The summed E-state index contributed by atoms with van der Waals surface area (Å²) in [5.74, 6) is 0. The molecule has 0 aromatic heterocycles. The van der Waals surface area contributed by atoms with Crippen LogP contribution in [0.3, 0.4) is 0 Å². The molecule has 2 aromatic rings. The lowest BCUT2D eigenvalue weighted by Crippen LogP contribution is -2.73. The Bertz CT molecular complexity index is 553. The number of hydrogen-bond acceptors (Lipinski definition) is 1. The summed E-state index contributed by atoms with van der Waals surface area (Å²) in [4.78, 5) is 0. The molecule has 1 nitrogen and oxygen atoms in total. The molecule has 1 N–H and O–H groups in total. The van der Waals surface area contributed by atoms with Gasteiger partial charge in [-0.15, -0.1) is 0 Å². The predicted octanol–water partition coefficient (Wildman–Crippen LogP) is 2.27. The van der Waals surface area contributed by atoms with Gasteiger partial charge in [0.2, 0.25) is 0 Å². The lowest BCUT2D eigenvalue weighted by Gasteiger charge is -2.41. The third-order valence-corrected chi connectivity index (χ3v) is 12.4. The van der Waals surface area contributed by atoms with Crippen molar-refractivity contribution in [1.29, 1.82) is 0 Å². The van der Waals surface area contributed by atoms with Gasteiger partial charge in [-0.2, -0.15) is 0 Å². The lowest BCUT2D eigenvalue weighted by molar-refractivity contribution is 1.34. The van der Waals surface area contributed by atoms with Crippen LogP contribution in [0.5, 0.6) is 0 Å². The third-order valence-electron chi connectivity index (χ3n) is 3.88. The van der Waals surface area contributed by atoms with Gasteiger partial charge < -0.3 is 4.65 Å². The Morgan fingerprint density at radius 3 is 1.71 bits per heavy atom. The van der Waals surface area contributed by atoms with Gasteiger partial charge in [0.15, 0.2) is 0 Å². The first-order valence-corrected chi connectivity index (χ1v) is 12.2. The van der Waals surface area contributed by atoms with Gasteiger partial charge in [-0.25, -0.2) is 0 Å². The van der Waals surface area contributed by atoms with E-state index in [2.05, 4.69) is 67.2 Å². The molecule has 0 unspecified atom stereocenters. The van der Waals surface area contributed by atoms with E-state index in [-0.39, 0.29) is 0 Å². The monoisotopic (exact) mass is 257 g/mol. The molecule has 88 valence electrons. The van der Waals surface area contributed by atoms with Gasteiger partial charge in [-0.1, -0.05) is 62.6 Å². The Labute approximate surface area is 105 Å². The minimum absolute atomic E-state index is 1.42. The highest BCUT2D eigenvalue weighted by molar-refractivity contribution is 7.07. The van der Waals surface area contributed by atoms with Crippen LogP contribution in [0.25, 0.3) is 10.8 Å². The van der Waals surface area contributed by atoms with E-state index in [9.17, 15) is 0 Å². The summed E-state index contributed by atoms with van der Waals surface area (Å²) in [6.45, 7) is 9.75. The Balaban J connectivity index is 2.50. The number of benzene rings is 2. The molecule has 2 aromatic carbocycles. The first kappa shape index (κ1) is 11.2. The first-order chi connectivity index (χ1) is 7.92. The molecule has 0 amide bonds. The van der Waals surface area contributed by atoms with E-state index in [0.29, 0.717) is 0 Å². The topological polar surface area (TPSA) is 12.0 Å². The zero-order chi connectivity index (χ0) is 12.3. The van der Waals surface area contributed by atoms with E-state index >= 15 is 0 Å². The molecule has 17 heavy (non-hydrogen) atoms. The molecule has 3 rings (SSSR count). The molecule has 0 bridgehead atoms. The highest BCUT2D eigenvalue weighted by Gasteiger charge is 2.40. The molecular weight excluding hydrogens is 238 g/mol. The van der Waals surface area contributed by atoms with Crippen LogP contribution in [-0.2, 0) is 0 Å². The molecule has 1 heterocycles. The Morgan fingerprint density at radius 1 is 0.765 bits per heavy atom. The third kappa shape index (κ3) is 1.53. The molecule has 0 atom stereocenters. The summed E-state index contributed by atoms with van der Waals surface area (Å²) in [5, 5.41) is 6.14. The Kier molecular flexibility index (Phi) is 2.18. The van der Waals surface area contributed by atoms with E-state index in [1.165, 1.54) is 5.39 Å². The molecule has 0 radical (unpaired) electrons. The van der Waals surface area contributed by atoms with Crippen molar-refractivity contribution in [3.05, 3.63) is 36.4 Å². The van der Waals surface area contributed by atoms with Crippen molar-refractivity contribution < 1.29 is 0 Å². The van der Waals surface area contributed by atoms with Crippen LogP contribution in [0, 0.1) is 0 Å². The minimum Gasteiger partial charge on any atom is -0.352 e. The maximum Gasteiger partial charge on any atom is 0.146 e.